The predicted octanol–water partition coefficient (Wildman–Crippen LogP) is 2.52. The van der Waals surface area contributed by atoms with Crippen LogP contribution < -0.4 is 10.6 Å². The van der Waals surface area contributed by atoms with E-state index in [9.17, 15) is 4.79 Å². The Kier molecular flexibility index (Phi) is 4.98. The topological polar surface area (TPSA) is 64.9 Å². The molecular weight excluding hydrogens is 262 g/mol. The molecule has 1 aliphatic heterocycles. The number of carbonyl (C=O) groups excluding carboxylic acids is 1. The third-order valence-electron chi connectivity index (χ3n) is 4.61. The van der Waals surface area contributed by atoms with Gasteiger partial charge in [0.2, 0.25) is 5.91 Å². The quantitative estimate of drug-likeness (QED) is 0.893. The molecule has 1 amide bonds. The Bertz CT molecular complexity index is 524. The van der Waals surface area contributed by atoms with E-state index in [1.54, 1.807) is 12.1 Å². The lowest BCUT2D eigenvalue weighted by molar-refractivity contribution is -0.133. The molecule has 1 fully saturated rings. The summed E-state index contributed by atoms with van der Waals surface area (Å²) in [4.78, 5) is 12.7. The first-order chi connectivity index (χ1) is 10.1. The van der Waals surface area contributed by atoms with E-state index in [-0.39, 0.29) is 17.4 Å². The lowest BCUT2D eigenvalue weighted by Crippen LogP contribution is -2.47. The molecule has 4 nitrogen and oxygen atoms in total. The summed E-state index contributed by atoms with van der Waals surface area (Å²) in [7, 11) is 0. The number of benzene rings is 1. The summed E-state index contributed by atoms with van der Waals surface area (Å²) in [5, 5.41) is 15.3. The maximum absolute atomic E-state index is 12.7. The largest absolute Gasteiger partial charge is 0.349 e. The molecule has 0 spiro atoms. The van der Waals surface area contributed by atoms with Crippen molar-refractivity contribution in [3.63, 3.8) is 0 Å². The number of hydrogen-bond acceptors (Lipinski definition) is 3. The third kappa shape index (κ3) is 3.43. The summed E-state index contributed by atoms with van der Waals surface area (Å²) >= 11 is 0. The van der Waals surface area contributed by atoms with E-state index in [0.717, 1.165) is 37.9 Å². The van der Waals surface area contributed by atoms with Crippen molar-refractivity contribution in [3.05, 3.63) is 35.4 Å². The van der Waals surface area contributed by atoms with E-state index in [1.165, 1.54) is 0 Å². The minimum absolute atomic E-state index is 0.0384. The molecule has 1 saturated heterocycles. The van der Waals surface area contributed by atoms with Gasteiger partial charge < -0.3 is 10.6 Å². The molecule has 1 heterocycles. The molecule has 0 radical (unpaired) electrons. The smallest absolute Gasteiger partial charge is 0.226 e. The Morgan fingerprint density at radius 1 is 1.38 bits per heavy atom. The molecule has 4 heteroatoms. The Balaban J connectivity index is 2.05. The van der Waals surface area contributed by atoms with Crippen LogP contribution in [0.2, 0.25) is 0 Å². The molecule has 0 saturated carbocycles. The van der Waals surface area contributed by atoms with Gasteiger partial charge in [0.25, 0.3) is 0 Å². The lowest BCUT2D eigenvalue weighted by atomic mass is 9.75. The second-order valence-electron chi connectivity index (χ2n) is 5.81. The number of rotatable bonds is 4. The van der Waals surface area contributed by atoms with Gasteiger partial charge in [-0.25, -0.2) is 0 Å². The van der Waals surface area contributed by atoms with Gasteiger partial charge in [-0.3, -0.25) is 4.79 Å². The average molecular weight is 285 g/mol. The fraction of sp³-hybridized carbons (Fsp3) is 0.529. The molecule has 0 aliphatic carbocycles. The van der Waals surface area contributed by atoms with Gasteiger partial charge in [-0.2, -0.15) is 5.26 Å². The Morgan fingerprint density at radius 2 is 2.00 bits per heavy atom. The molecule has 0 bridgehead atoms. The molecular formula is C17H23N3O. The Labute approximate surface area is 126 Å². The second kappa shape index (κ2) is 6.73. The zero-order valence-electron chi connectivity index (χ0n) is 12.8. The minimum Gasteiger partial charge on any atom is -0.349 e. The molecule has 1 atom stereocenters. The van der Waals surface area contributed by atoms with Gasteiger partial charge in [0.15, 0.2) is 0 Å². The number of nitrogens with one attached hydrogen (secondary N) is 2. The zero-order chi connectivity index (χ0) is 15.3. The van der Waals surface area contributed by atoms with Gasteiger partial charge in [-0.05, 0) is 57.0 Å². The van der Waals surface area contributed by atoms with Gasteiger partial charge >= 0.3 is 0 Å². The third-order valence-corrected chi connectivity index (χ3v) is 4.61. The minimum atomic E-state index is -0.230. The van der Waals surface area contributed by atoms with E-state index in [4.69, 9.17) is 5.26 Å². The number of piperidine rings is 1. The summed E-state index contributed by atoms with van der Waals surface area (Å²) in [6.45, 7) is 5.90. The fourth-order valence-corrected chi connectivity index (χ4v) is 2.93. The van der Waals surface area contributed by atoms with Gasteiger partial charge in [0.05, 0.1) is 23.1 Å². The van der Waals surface area contributed by atoms with Crippen molar-refractivity contribution < 1.29 is 4.79 Å². The highest BCUT2D eigenvalue weighted by Crippen LogP contribution is 2.33. The van der Waals surface area contributed by atoms with E-state index in [1.807, 2.05) is 19.1 Å². The monoisotopic (exact) mass is 285 g/mol. The predicted molar refractivity (Wildman–Crippen MR) is 82.5 cm³/mol. The van der Waals surface area contributed by atoms with Crippen LogP contribution in [-0.2, 0) is 4.79 Å². The van der Waals surface area contributed by atoms with Crippen LogP contribution in [0.25, 0.3) is 0 Å². The highest BCUT2D eigenvalue weighted by atomic mass is 16.2. The van der Waals surface area contributed by atoms with Gasteiger partial charge in [-0.1, -0.05) is 19.1 Å². The summed E-state index contributed by atoms with van der Waals surface area (Å²) < 4.78 is 0. The van der Waals surface area contributed by atoms with Gasteiger partial charge in [0, 0.05) is 0 Å². The first kappa shape index (κ1) is 15.5. The number of carbonyl (C=O) groups is 1. The van der Waals surface area contributed by atoms with Crippen molar-refractivity contribution in [2.75, 3.05) is 13.1 Å². The zero-order valence-corrected chi connectivity index (χ0v) is 12.8. The van der Waals surface area contributed by atoms with E-state index in [2.05, 4.69) is 23.6 Å². The fourth-order valence-electron chi connectivity index (χ4n) is 2.93. The van der Waals surface area contributed by atoms with Crippen molar-refractivity contribution in [2.45, 2.75) is 39.2 Å². The molecule has 1 aromatic carbocycles. The summed E-state index contributed by atoms with van der Waals surface area (Å²) in [6, 6.07) is 9.46. The molecule has 112 valence electrons. The highest BCUT2D eigenvalue weighted by molar-refractivity contribution is 5.83. The first-order valence-corrected chi connectivity index (χ1v) is 7.63. The highest BCUT2D eigenvalue weighted by Gasteiger charge is 2.38. The molecule has 0 aromatic heterocycles. The molecule has 2 rings (SSSR count). The molecule has 1 unspecified atom stereocenters. The first-order valence-electron chi connectivity index (χ1n) is 7.63. The molecule has 2 N–H and O–H groups in total. The van der Waals surface area contributed by atoms with Crippen molar-refractivity contribution in [1.82, 2.24) is 10.6 Å². The van der Waals surface area contributed by atoms with Crippen LogP contribution in [0.4, 0.5) is 0 Å². The number of amides is 1. The van der Waals surface area contributed by atoms with Crippen LogP contribution in [0, 0.1) is 16.7 Å². The summed E-state index contributed by atoms with van der Waals surface area (Å²) in [5.74, 6) is 0.156. The van der Waals surface area contributed by atoms with Crippen LogP contribution in [0.1, 0.15) is 50.3 Å². The summed E-state index contributed by atoms with van der Waals surface area (Å²) in [6.07, 6.45) is 2.67. The van der Waals surface area contributed by atoms with E-state index in [0.29, 0.717) is 5.56 Å². The standard InChI is InChI=1S/C17H23N3O/c1-3-17(8-10-19-11-9-17)16(21)20-13(2)15-6-4-14(12-18)5-7-15/h4-7,13,19H,3,8-11H2,1-2H3,(H,20,21). The van der Waals surface area contributed by atoms with Crippen molar-refractivity contribution in [2.24, 2.45) is 5.41 Å². The van der Waals surface area contributed by atoms with Crippen LogP contribution in [0.5, 0.6) is 0 Å². The number of nitriles is 1. The maximum Gasteiger partial charge on any atom is 0.226 e. The van der Waals surface area contributed by atoms with Crippen LogP contribution in [0.3, 0.4) is 0 Å². The van der Waals surface area contributed by atoms with E-state index >= 15 is 0 Å². The van der Waals surface area contributed by atoms with Crippen LogP contribution >= 0.6 is 0 Å². The number of hydrogen-bond donors (Lipinski definition) is 2. The summed E-state index contributed by atoms with van der Waals surface area (Å²) in [5.41, 5.74) is 1.44. The van der Waals surface area contributed by atoms with Gasteiger partial charge in [-0.15, -0.1) is 0 Å². The number of nitrogens with zero attached hydrogens (tertiary/aromatic N) is 1. The van der Waals surface area contributed by atoms with Crippen molar-refractivity contribution >= 4 is 5.91 Å². The Morgan fingerprint density at radius 3 is 2.52 bits per heavy atom. The van der Waals surface area contributed by atoms with E-state index < -0.39 is 0 Å². The van der Waals surface area contributed by atoms with Crippen molar-refractivity contribution in [1.29, 1.82) is 5.26 Å². The lowest BCUT2D eigenvalue weighted by Gasteiger charge is -2.36. The average Bonchev–Trinajstić information content (AvgIpc) is 2.55. The van der Waals surface area contributed by atoms with Crippen LogP contribution in [-0.4, -0.2) is 19.0 Å². The molecule has 1 aliphatic rings. The van der Waals surface area contributed by atoms with Crippen molar-refractivity contribution in [3.8, 4) is 6.07 Å². The SMILES string of the molecule is CCC1(C(=O)NC(C)c2ccc(C#N)cc2)CCNCC1. The normalized spacial score (nSPS) is 18.5. The maximum atomic E-state index is 12.7. The Hall–Kier alpha value is -1.86. The molecule has 1 aromatic rings. The van der Waals surface area contributed by atoms with Crippen LogP contribution in [0.15, 0.2) is 24.3 Å². The van der Waals surface area contributed by atoms with Gasteiger partial charge in [0.1, 0.15) is 0 Å². The second-order valence-corrected chi connectivity index (χ2v) is 5.81. The molecule has 21 heavy (non-hydrogen) atoms.